The van der Waals surface area contributed by atoms with E-state index in [1.54, 1.807) is 17.0 Å². The molecule has 1 N–H and O–H groups in total. The smallest absolute Gasteiger partial charge is 0.325 e. The molecular weight excluding hydrogens is 462 g/mol. The fourth-order valence-corrected chi connectivity index (χ4v) is 3.71. The minimum absolute atomic E-state index is 0.353. The molecule has 0 bridgehead atoms. The van der Waals surface area contributed by atoms with E-state index in [0.717, 1.165) is 40.3 Å². The summed E-state index contributed by atoms with van der Waals surface area (Å²) in [5.74, 6) is -0.429. The molecule has 8 nitrogen and oxygen atoms in total. The number of carbonyl (C=O) groups is 1. The number of aromatic nitrogens is 4. The van der Waals surface area contributed by atoms with Crippen molar-refractivity contribution >= 4 is 38.7 Å². The Morgan fingerprint density at radius 3 is 2.48 bits per heavy atom. The highest BCUT2D eigenvalue weighted by atomic mass is 79.9. The molecule has 31 heavy (non-hydrogen) atoms. The molecule has 0 fully saturated rings. The van der Waals surface area contributed by atoms with Crippen LogP contribution in [0.5, 0.6) is 0 Å². The zero-order chi connectivity index (χ0) is 22.5. The predicted molar refractivity (Wildman–Crippen MR) is 126 cm³/mol. The molecule has 0 aliphatic heterocycles. The quantitative estimate of drug-likeness (QED) is 0.496. The van der Waals surface area contributed by atoms with Crippen LogP contribution >= 0.6 is 15.9 Å². The molecule has 0 radical (unpaired) electrons. The summed E-state index contributed by atoms with van der Waals surface area (Å²) in [6.45, 7) is 6.76. The maximum Gasteiger partial charge on any atom is 0.333 e. The van der Waals surface area contributed by atoms with Gasteiger partial charge in [0.2, 0.25) is 5.91 Å². The molecule has 3 aromatic rings. The van der Waals surface area contributed by atoms with Crippen LogP contribution in [0.25, 0.3) is 11.2 Å². The Hall–Kier alpha value is -2.68. The summed E-state index contributed by atoms with van der Waals surface area (Å²) < 4.78 is 5.25. The number of nitrogens with zero attached hydrogens (tertiary/aromatic N) is 4. The van der Waals surface area contributed by atoms with Crippen molar-refractivity contribution in [3.8, 4) is 0 Å². The van der Waals surface area contributed by atoms with Crippen LogP contribution in [-0.4, -0.2) is 24.6 Å². The van der Waals surface area contributed by atoms with Gasteiger partial charge in [-0.3, -0.25) is 14.2 Å². The molecule has 0 atom stereocenters. The van der Waals surface area contributed by atoms with Gasteiger partial charge in [-0.15, -0.1) is 0 Å². The van der Waals surface area contributed by atoms with E-state index in [2.05, 4.69) is 33.2 Å². The third-order valence-corrected chi connectivity index (χ3v) is 6.10. The van der Waals surface area contributed by atoms with E-state index in [0.29, 0.717) is 29.9 Å². The van der Waals surface area contributed by atoms with Gasteiger partial charge < -0.3 is 9.88 Å². The summed E-state index contributed by atoms with van der Waals surface area (Å²) >= 11 is 3.43. The largest absolute Gasteiger partial charge is 0.333 e. The van der Waals surface area contributed by atoms with Gasteiger partial charge in [-0.1, -0.05) is 42.6 Å². The number of fused-ring (bicyclic) bond motifs is 1. The molecular formula is C22H28BrN5O3. The van der Waals surface area contributed by atoms with Gasteiger partial charge in [-0.25, -0.2) is 14.3 Å². The van der Waals surface area contributed by atoms with Crippen molar-refractivity contribution in [2.45, 2.75) is 66.1 Å². The van der Waals surface area contributed by atoms with E-state index < -0.39 is 17.2 Å². The maximum absolute atomic E-state index is 13.2. The lowest BCUT2D eigenvalue weighted by Gasteiger charge is -2.13. The predicted octanol–water partition coefficient (Wildman–Crippen LogP) is 3.67. The number of anilines is 1. The third-order valence-electron chi connectivity index (χ3n) is 5.21. The number of aryl methyl sites for hydroxylation is 3. The molecule has 0 unspecified atom stereocenters. The molecule has 9 heteroatoms. The number of unbranched alkanes of at least 4 members (excludes halogenated alkanes) is 2. The second kappa shape index (κ2) is 10.1. The Labute approximate surface area is 189 Å². The summed E-state index contributed by atoms with van der Waals surface area (Å²) in [6, 6.07) is 5.43. The van der Waals surface area contributed by atoms with Crippen LogP contribution in [0.3, 0.4) is 0 Å². The Morgan fingerprint density at radius 2 is 1.81 bits per heavy atom. The normalized spacial score (nSPS) is 11.2. The monoisotopic (exact) mass is 489 g/mol. The van der Waals surface area contributed by atoms with E-state index >= 15 is 0 Å². The Bertz CT molecular complexity index is 1210. The molecule has 1 amide bonds. The van der Waals surface area contributed by atoms with Crippen molar-refractivity contribution in [1.29, 1.82) is 0 Å². The van der Waals surface area contributed by atoms with Crippen molar-refractivity contribution in [3.63, 3.8) is 0 Å². The minimum atomic E-state index is -0.506. The average Bonchev–Trinajstić information content (AvgIpc) is 3.16. The van der Waals surface area contributed by atoms with Crippen LogP contribution in [0.15, 0.2) is 38.6 Å². The standard InChI is InChI=1S/C22H28BrN5O3/c1-4-6-10-26-14-24-20-19(26)21(30)28(22(31)27(20)11-7-5-2)13-18(29)25-16-8-9-17(23)15(3)12-16/h8-9,12,14H,4-7,10-11,13H2,1-3H3,(H,25,29). The van der Waals surface area contributed by atoms with Gasteiger partial charge in [-0.2, -0.15) is 0 Å². The molecule has 0 aliphatic rings. The summed E-state index contributed by atoms with van der Waals surface area (Å²) in [6.07, 6.45) is 5.14. The van der Waals surface area contributed by atoms with E-state index in [1.165, 1.54) is 4.57 Å². The second-order valence-corrected chi connectivity index (χ2v) is 8.51. The number of hydrogen-bond acceptors (Lipinski definition) is 4. The van der Waals surface area contributed by atoms with E-state index in [9.17, 15) is 14.4 Å². The van der Waals surface area contributed by atoms with Crippen LogP contribution in [0.4, 0.5) is 5.69 Å². The zero-order valence-corrected chi connectivity index (χ0v) is 19.7. The minimum Gasteiger partial charge on any atom is -0.325 e. The van der Waals surface area contributed by atoms with Gasteiger partial charge in [0.05, 0.1) is 6.33 Å². The van der Waals surface area contributed by atoms with Gasteiger partial charge in [0.25, 0.3) is 5.56 Å². The molecule has 0 saturated heterocycles. The first-order chi connectivity index (χ1) is 14.9. The first-order valence-electron chi connectivity index (χ1n) is 10.6. The number of hydrogen-bond donors (Lipinski definition) is 1. The van der Waals surface area contributed by atoms with Crippen LogP contribution in [0.1, 0.15) is 45.1 Å². The van der Waals surface area contributed by atoms with Crippen molar-refractivity contribution in [2.75, 3.05) is 5.32 Å². The lowest BCUT2D eigenvalue weighted by Crippen LogP contribution is -2.43. The SMILES string of the molecule is CCCCn1cnc2c1c(=O)n(CC(=O)Nc1ccc(Br)c(C)c1)c(=O)n2CCCC. The van der Waals surface area contributed by atoms with Gasteiger partial charge in [0.1, 0.15) is 6.54 Å². The number of rotatable bonds is 9. The Morgan fingerprint density at radius 1 is 1.10 bits per heavy atom. The highest BCUT2D eigenvalue weighted by Crippen LogP contribution is 2.20. The van der Waals surface area contributed by atoms with Gasteiger partial charge >= 0.3 is 5.69 Å². The molecule has 2 heterocycles. The van der Waals surface area contributed by atoms with Crippen molar-refractivity contribution < 1.29 is 4.79 Å². The Balaban J connectivity index is 2.01. The Kier molecular flexibility index (Phi) is 7.48. The molecule has 1 aromatic carbocycles. The van der Waals surface area contributed by atoms with Gasteiger partial charge in [-0.05, 0) is 43.5 Å². The first kappa shape index (κ1) is 23.0. The van der Waals surface area contributed by atoms with Gasteiger partial charge in [0, 0.05) is 23.2 Å². The molecule has 0 saturated carbocycles. The van der Waals surface area contributed by atoms with E-state index in [1.807, 2.05) is 26.0 Å². The number of benzene rings is 1. The summed E-state index contributed by atoms with van der Waals surface area (Å²) in [4.78, 5) is 43.4. The first-order valence-corrected chi connectivity index (χ1v) is 11.4. The van der Waals surface area contributed by atoms with E-state index in [4.69, 9.17) is 0 Å². The summed E-state index contributed by atoms with van der Waals surface area (Å²) in [7, 11) is 0. The van der Waals surface area contributed by atoms with Gasteiger partial charge in [0.15, 0.2) is 11.2 Å². The van der Waals surface area contributed by atoms with Crippen LogP contribution in [0, 0.1) is 6.92 Å². The zero-order valence-electron chi connectivity index (χ0n) is 18.2. The number of imidazole rings is 1. The van der Waals surface area contributed by atoms with Crippen LogP contribution in [0.2, 0.25) is 0 Å². The number of carbonyl (C=O) groups excluding carboxylic acids is 1. The molecule has 0 aliphatic carbocycles. The summed E-state index contributed by atoms with van der Waals surface area (Å²) in [5, 5.41) is 2.78. The second-order valence-electron chi connectivity index (χ2n) is 7.65. The topological polar surface area (TPSA) is 90.9 Å². The fourth-order valence-electron chi connectivity index (χ4n) is 3.46. The summed E-state index contributed by atoms with van der Waals surface area (Å²) in [5.41, 5.74) is 1.35. The lowest BCUT2D eigenvalue weighted by molar-refractivity contribution is -0.116. The number of nitrogens with one attached hydrogen (secondary N) is 1. The van der Waals surface area contributed by atoms with Crippen molar-refractivity contribution in [2.24, 2.45) is 0 Å². The molecule has 2 aromatic heterocycles. The number of amides is 1. The third kappa shape index (κ3) is 4.98. The maximum atomic E-state index is 13.2. The number of halogens is 1. The molecule has 0 spiro atoms. The lowest BCUT2D eigenvalue weighted by atomic mass is 10.2. The van der Waals surface area contributed by atoms with Crippen molar-refractivity contribution in [3.05, 3.63) is 55.4 Å². The fraction of sp³-hybridized carbons (Fsp3) is 0.455. The van der Waals surface area contributed by atoms with E-state index in [-0.39, 0.29) is 6.54 Å². The molecule has 3 rings (SSSR count). The van der Waals surface area contributed by atoms with Crippen LogP contribution in [-0.2, 0) is 24.4 Å². The van der Waals surface area contributed by atoms with Crippen LogP contribution < -0.4 is 16.6 Å². The molecule has 166 valence electrons. The van der Waals surface area contributed by atoms with Crippen molar-refractivity contribution in [1.82, 2.24) is 18.7 Å². The highest BCUT2D eigenvalue weighted by Gasteiger charge is 2.19. The average molecular weight is 490 g/mol. The highest BCUT2D eigenvalue weighted by molar-refractivity contribution is 9.10.